The molecule has 0 spiro atoms. The van der Waals surface area contributed by atoms with Gasteiger partial charge < -0.3 is 28.6 Å². The van der Waals surface area contributed by atoms with E-state index in [4.69, 9.17) is 23.7 Å². The fourth-order valence-corrected chi connectivity index (χ4v) is 4.50. The van der Waals surface area contributed by atoms with E-state index in [1.807, 2.05) is 36.4 Å². The molecule has 0 unspecified atom stereocenters. The highest BCUT2D eigenvalue weighted by Gasteiger charge is 2.46. The van der Waals surface area contributed by atoms with Gasteiger partial charge in [-0.25, -0.2) is 0 Å². The molecular formula is C26H28BrNO7. The Morgan fingerprint density at radius 3 is 2.71 bits per heavy atom. The Morgan fingerprint density at radius 1 is 1.17 bits per heavy atom. The van der Waals surface area contributed by atoms with Gasteiger partial charge in [0.2, 0.25) is 5.91 Å². The van der Waals surface area contributed by atoms with Gasteiger partial charge in [0.1, 0.15) is 23.6 Å². The Hall–Kier alpha value is -2.88. The highest BCUT2D eigenvalue weighted by molar-refractivity contribution is 9.10. The summed E-state index contributed by atoms with van der Waals surface area (Å²) >= 11 is 3.45. The number of rotatable bonds is 9. The molecule has 2 aromatic carbocycles. The highest BCUT2D eigenvalue weighted by Crippen LogP contribution is 2.45. The van der Waals surface area contributed by atoms with E-state index in [0.29, 0.717) is 37.7 Å². The fourth-order valence-electron chi connectivity index (χ4n) is 4.24. The van der Waals surface area contributed by atoms with Crippen molar-refractivity contribution < 1.29 is 33.3 Å². The SMILES string of the molecule is COCCOCOc1ccc2c(c1)O[C@@H]1[C@@H](OC(C)=O)C/C=C\C(=O)N(Cc3ccc(Br)cc3)[C@@H]21. The lowest BCUT2D eigenvalue weighted by Crippen LogP contribution is -2.46. The van der Waals surface area contributed by atoms with Crippen molar-refractivity contribution in [3.8, 4) is 11.5 Å². The molecule has 0 saturated heterocycles. The molecule has 1 amide bonds. The zero-order valence-electron chi connectivity index (χ0n) is 19.6. The molecule has 2 aliphatic heterocycles. The predicted octanol–water partition coefficient (Wildman–Crippen LogP) is 4.17. The summed E-state index contributed by atoms with van der Waals surface area (Å²) in [5, 5.41) is 0. The summed E-state index contributed by atoms with van der Waals surface area (Å²) in [6, 6.07) is 12.9. The van der Waals surface area contributed by atoms with E-state index in [9.17, 15) is 9.59 Å². The molecule has 0 bridgehead atoms. The van der Waals surface area contributed by atoms with Crippen molar-refractivity contribution in [1.29, 1.82) is 0 Å². The van der Waals surface area contributed by atoms with Gasteiger partial charge in [0.15, 0.2) is 12.9 Å². The van der Waals surface area contributed by atoms with E-state index in [-0.39, 0.29) is 12.7 Å². The Bertz CT molecular complexity index is 1070. The van der Waals surface area contributed by atoms with Crippen LogP contribution in [0.25, 0.3) is 0 Å². The van der Waals surface area contributed by atoms with Gasteiger partial charge in [-0.05, 0) is 35.9 Å². The van der Waals surface area contributed by atoms with Crippen LogP contribution in [0.1, 0.15) is 30.5 Å². The summed E-state index contributed by atoms with van der Waals surface area (Å²) in [6.07, 6.45) is 2.54. The van der Waals surface area contributed by atoms with Crippen LogP contribution >= 0.6 is 15.9 Å². The Morgan fingerprint density at radius 2 is 1.97 bits per heavy atom. The second kappa shape index (κ2) is 11.7. The van der Waals surface area contributed by atoms with Crippen molar-refractivity contribution in [2.75, 3.05) is 27.1 Å². The molecule has 4 rings (SSSR count). The van der Waals surface area contributed by atoms with Crippen molar-refractivity contribution in [2.24, 2.45) is 0 Å². The van der Waals surface area contributed by atoms with Gasteiger partial charge in [-0.1, -0.05) is 34.1 Å². The van der Waals surface area contributed by atoms with Crippen LogP contribution in [0.4, 0.5) is 0 Å². The van der Waals surface area contributed by atoms with Gasteiger partial charge in [-0.3, -0.25) is 9.59 Å². The molecule has 0 aliphatic carbocycles. The predicted molar refractivity (Wildman–Crippen MR) is 131 cm³/mol. The van der Waals surface area contributed by atoms with Crippen molar-refractivity contribution >= 4 is 27.8 Å². The maximum Gasteiger partial charge on any atom is 0.303 e. The van der Waals surface area contributed by atoms with Crippen LogP contribution in [0.2, 0.25) is 0 Å². The van der Waals surface area contributed by atoms with Crippen molar-refractivity contribution in [3.05, 3.63) is 70.2 Å². The van der Waals surface area contributed by atoms with Crippen molar-refractivity contribution in [1.82, 2.24) is 4.90 Å². The first kappa shape index (κ1) is 25.2. The van der Waals surface area contributed by atoms with Gasteiger partial charge in [0.05, 0.1) is 13.2 Å². The smallest absolute Gasteiger partial charge is 0.303 e. The van der Waals surface area contributed by atoms with Gasteiger partial charge in [0.25, 0.3) is 0 Å². The van der Waals surface area contributed by atoms with E-state index in [1.165, 1.54) is 6.92 Å². The Kier molecular flexibility index (Phi) is 8.43. The van der Waals surface area contributed by atoms with E-state index in [2.05, 4.69) is 15.9 Å². The first-order valence-corrected chi connectivity index (χ1v) is 12.1. The number of methoxy groups -OCH3 is 1. The van der Waals surface area contributed by atoms with Crippen LogP contribution in [-0.2, 0) is 30.3 Å². The quantitative estimate of drug-likeness (QED) is 0.265. The Labute approximate surface area is 212 Å². The number of nitrogens with zero attached hydrogens (tertiary/aromatic N) is 1. The van der Waals surface area contributed by atoms with Gasteiger partial charge in [-0.15, -0.1) is 0 Å². The molecule has 0 aromatic heterocycles. The molecule has 0 radical (unpaired) electrons. The zero-order valence-corrected chi connectivity index (χ0v) is 21.2. The molecule has 0 N–H and O–H groups in total. The van der Waals surface area contributed by atoms with Crippen molar-refractivity contribution in [3.63, 3.8) is 0 Å². The van der Waals surface area contributed by atoms with Gasteiger partial charge in [-0.2, -0.15) is 0 Å². The zero-order chi connectivity index (χ0) is 24.8. The lowest BCUT2D eigenvalue weighted by atomic mass is 9.94. The maximum atomic E-state index is 13.2. The van der Waals surface area contributed by atoms with Crippen LogP contribution in [0.5, 0.6) is 11.5 Å². The Balaban J connectivity index is 1.63. The molecule has 9 heteroatoms. The first-order valence-electron chi connectivity index (χ1n) is 11.3. The van der Waals surface area contributed by atoms with Gasteiger partial charge >= 0.3 is 5.97 Å². The number of halogens is 1. The molecule has 2 heterocycles. The molecule has 3 atom stereocenters. The number of hydrogen-bond donors (Lipinski definition) is 0. The summed E-state index contributed by atoms with van der Waals surface area (Å²) in [5.74, 6) is 0.628. The summed E-state index contributed by atoms with van der Waals surface area (Å²) < 4.78 is 28.9. The van der Waals surface area contributed by atoms with Crippen LogP contribution in [0, 0.1) is 0 Å². The summed E-state index contributed by atoms with van der Waals surface area (Å²) in [4.78, 5) is 26.9. The lowest BCUT2D eigenvalue weighted by molar-refractivity contribution is -0.153. The van der Waals surface area contributed by atoms with Crippen LogP contribution in [0.15, 0.2) is 59.1 Å². The molecule has 0 fully saturated rings. The third-order valence-electron chi connectivity index (χ3n) is 5.82. The summed E-state index contributed by atoms with van der Waals surface area (Å²) in [5.41, 5.74) is 1.81. The molecule has 2 aliphatic rings. The number of carbonyl (C=O) groups excluding carboxylic acids is 2. The number of benzene rings is 2. The van der Waals surface area contributed by atoms with Gasteiger partial charge in [0, 0.05) is 43.1 Å². The minimum absolute atomic E-state index is 0.0726. The third kappa shape index (κ3) is 6.22. The standard InChI is InChI=1S/C26H28BrNO7/c1-17(29)34-22-4-3-5-24(30)28(15-18-6-8-19(27)9-7-18)25-21-11-10-20(14-23(21)35-26(22)25)33-16-32-13-12-31-2/h3,5-11,14,22,25-26H,4,12-13,15-16H2,1-2H3/b5-3-/t22-,25-,26+/m0/s1. The lowest BCUT2D eigenvalue weighted by Gasteiger charge is -2.36. The number of amides is 1. The average Bonchev–Trinajstić information content (AvgIpc) is 3.20. The molecule has 35 heavy (non-hydrogen) atoms. The van der Waals surface area contributed by atoms with E-state index in [0.717, 1.165) is 15.6 Å². The second-order valence-corrected chi connectivity index (χ2v) is 9.18. The minimum atomic E-state index is -0.563. The van der Waals surface area contributed by atoms with E-state index >= 15 is 0 Å². The number of esters is 1. The normalized spacial score (nSPS) is 21.9. The number of ether oxygens (including phenoxy) is 5. The molecule has 186 valence electrons. The maximum absolute atomic E-state index is 13.2. The van der Waals surface area contributed by atoms with E-state index in [1.54, 1.807) is 30.2 Å². The molecule has 8 nitrogen and oxygen atoms in total. The van der Waals surface area contributed by atoms with Crippen LogP contribution < -0.4 is 9.47 Å². The first-order chi connectivity index (χ1) is 17.0. The van der Waals surface area contributed by atoms with Crippen LogP contribution in [0.3, 0.4) is 0 Å². The van der Waals surface area contributed by atoms with E-state index < -0.39 is 24.2 Å². The minimum Gasteiger partial charge on any atom is -0.483 e. The largest absolute Gasteiger partial charge is 0.483 e. The second-order valence-electron chi connectivity index (χ2n) is 8.27. The number of carbonyl (C=O) groups is 2. The molecule has 2 aromatic rings. The summed E-state index contributed by atoms with van der Waals surface area (Å²) in [7, 11) is 1.61. The molecule has 0 saturated carbocycles. The number of hydrogen-bond acceptors (Lipinski definition) is 7. The van der Waals surface area contributed by atoms with Crippen molar-refractivity contribution in [2.45, 2.75) is 38.1 Å². The van der Waals surface area contributed by atoms with Crippen LogP contribution in [-0.4, -0.2) is 56.1 Å². The average molecular weight is 546 g/mol. The highest BCUT2D eigenvalue weighted by atomic mass is 79.9. The molecular weight excluding hydrogens is 518 g/mol. The topological polar surface area (TPSA) is 83.5 Å². The number of fused-ring (bicyclic) bond motifs is 3. The fraction of sp³-hybridized carbons (Fsp3) is 0.385. The summed E-state index contributed by atoms with van der Waals surface area (Å²) in [6.45, 7) is 2.72. The monoisotopic (exact) mass is 545 g/mol. The third-order valence-corrected chi connectivity index (χ3v) is 6.34.